The molecule has 4 heterocycles. The maximum absolute atomic E-state index is 11.7. The van der Waals surface area contributed by atoms with Crippen molar-refractivity contribution in [3.05, 3.63) is 106 Å². The number of pyridine rings is 1. The Balaban J connectivity index is 1.44. The summed E-state index contributed by atoms with van der Waals surface area (Å²) in [5, 5.41) is 14.5. The minimum atomic E-state index is -0.954. The van der Waals surface area contributed by atoms with Gasteiger partial charge in [-0.25, -0.2) is 4.79 Å². The van der Waals surface area contributed by atoms with Crippen LogP contribution in [-0.2, 0) is 0 Å². The van der Waals surface area contributed by atoms with Crippen LogP contribution >= 0.6 is 23.8 Å². The summed E-state index contributed by atoms with van der Waals surface area (Å²) in [5.74, 6) is 0.277. The summed E-state index contributed by atoms with van der Waals surface area (Å²) in [5.41, 5.74) is 6.95. The van der Waals surface area contributed by atoms with E-state index in [2.05, 4.69) is 58.7 Å². The first-order valence-corrected chi connectivity index (χ1v) is 15.5. The number of thiocarbonyl (C=S) groups is 1. The molecule has 222 valence electrons. The van der Waals surface area contributed by atoms with Gasteiger partial charge in [-0.1, -0.05) is 37.6 Å². The Kier molecular flexibility index (Phi) is 7.92. The van der Waals surface area contributed by atoms with Gasteiger partial charge in [-0.3, -0.25) is 4.98 Å². The number of carboxylic acids is 1. The Bertz CT molecular complexity index is 1680. The van der Waals surface area contributed by atoms with E-state index in [0.29, 0.717) is 22.0 Å². The number of anilines is 2. The van der Waals surface area contributed by atoms with Crippen LogP contribution in [-0.4, -0.2) is 38.8 Å². The van der Waals surface area contributed by atoms with E-state index in [0.717, 1.165) is 52.8 Å². The lowest BCUT2D eigenvalue weighted by Crippen LogP contribution is -2.38. The van der Waals surface area contributed by atoms with Crippen LogP contribution in [0.2, 0.25) is 5.02 Å². The molecule has 0 saturated carbocycles. The van der Waals surface area contributed by atoms with E-state index in [1.807, 2.05) is 37.3 Å². The molecule has 2 aliphatic heterocycles. The molecule has 2 saturated heterocycles. The highest BCUT2D eigenvalue weighted by atomic mass is 35.5. The topological polar surface area (TPSA) is 73.6 Å². The molecular formula is C34H36ClN5O2S. The molecule has 0 bridgehead atoms. The SMILES string of the molecule is Cc1cc(C2C(c3ccccn3)NC(=S)N2c2ccc(N3CC(C)CC(C)C3)c(Cl)c2)c(C)n1-c1cccc(C(=O)O)c1. The fourth-order valence-electron chi connectivity index (χ4n) is 6.97. The van der Waals surface area contributed by atoms with Crippen molar-refractivity contribution in [2.75, 3.05) is 22.9 Å². The fourth-order valence-corrected chi connectivity index (χ4v) is 7.61. The molecule has 0 radical (unpaired) electrons. The van der Waals surface area contributed by atoms with Gasteiger partial charge in [0.25, 0.3) is 0 Å². The highest BCUT2D eigenvalue weighted by molar-refractivity contribution is 7.80. The molecule has 2 aromatic heterocycles. The maximum Gasteiger partial charge on any atom is 0.335 e. The van der Waals surface area contributed by atoms with Gasteiger partial charge in [-0.05, 0) is 104 Å². The number of nitrogens with zero attached hydrogens (tertiary/aromatic N) is 4. The van der Waals surface area contributed by atoms with Crippen LogP contribution in [0.4, 0.5) is 11.4 Å². The Morgan fingerprint density at radius 3 is 2.44 bits per heavy atom. The summed E-state index contributed by atoms with van der Waals surface area (Å²) in [7, 11) is 0. The zero-order valence-corrected chi connectivity index (χ0v) is 26.4. The first kappa shape index (κ1) is 29.2. The van der Waals surface area contributed by atoms with Crippen molar-refractivity contribution in [1.29, 1.82) is 0 Å². The number of carbonyl (C=O) groups is 1. The second-order valence-corrected chi connectivity index (χ2v) is 12.8. The Hall–Kier alpha value is -3.88. The number of aryl methyl sites for hydroxylation is 1. The number of nitrogens with one attached hydrogen (secondary N) is 1. The van der Waals surface area contributed by atoms with Crippen molar-refractivity contribution in [1.82, 2.24) is 14.9 Å². The molecule has 4 atom stereocenters. The van der Waals surface area contributed by atoms with E-state index < -0.39 is 5.97 Å². The van der Waals surface area contributed by atoms with E-state index in [1.54, 1.807) is 24.4 Å². The van der Waals surface area contributed by atoms with Crippen LogP contribution in [0.5, 0.6) is 0 Å². The number of halogens is 1. The van der Waals surface area contributed by atoms with E-state index in [9.17, 15) is 9.90 Å². The predicted molar refractivity (Wildman–Crippen MR) is 177 cm³/mol. The van der Waals surface area contributed by atoms with Gasteiger partial charge < -0.3 is 24.8 Å². The van der Waals surface area contributed by atoms with Crippen LogP contribution in [0.15, 0.2) is 72.9 Å². The number of carboxylic acid groups (broad SMARTS) is 1. The molecule has 9 heteroatoms. The highest BCUT2D eigenvalue weighted by Crippen LogP contribution is 2.45. The standard InChI is InChI=1S/C34H36ClN5O2S/c1-20-14-21(2)19-38(18-20)30-12-11-26(17-28(30)35)40-32(31(37-34(40)43)29-10-5-6-13-36-29)27-15-22(3)39(23(27)4)25-9-7-8-24(16-25)33(41)42/h5-13,15-17,20-21,31-32H,14,18-19H2,1-4H3,(H,37,43)(H,41,42). The van der Waals surface area contributed by atoms with Gasteiger partial charge in [0.05, 0.1) is 34.1 Å². The van der Waals surface area contributed by atoms with Gasteiger partial charge in [-0.15, -0.1) is 0 Å². The zero-order chi connectivity index (χ0) is 30.4. The quantitative estimate of drug-likeness (QED) is 0.218. The summed E-state index contributed by atoms with van der Waals surface area (Å²) in [4.78, 5) is 21.0. The summed E-state index contributed by atoms with van der Waals surface area (Å²) in [6.07, 6.45) is 3.03. The molecule has 6 rings (SSSR count). The second kappa shape index (κ2) is 11.7. The third-order valence-corrected chi connectivity index (χ3v) is 9.27. The molecule has 4 aromatic rings. The molecule has 7 nitrogen and oxygen atoms in total. The normalized spacial score (nSPS) is 22.1. The number of aromatic carboxylic acids is 1. The molecule has 0 aliphatic carbocycles. The van der Waals surface area contributed by atoms with Gasteiger partial charge in [0.2, 0.25) is 0 Å². The Morgan fingerprint density at radius 1 is 1.00 bits per heavy atom. The monoisotopic (exact) mass is 613 g/mol. The number of hydrogen-bond donors (Lipinski definition) is 2. The number of benzene rings is 2. The lowest BCUT2D eigenvalue weighted by atomic mass is 9.91. The van der Waals surface area contributed by atoms with Gasteiger partial charge in [0.15, 0.2) is 5.11 Å². The van der Waals surface area contributed by atoms with Crippen molar-refractivity contribution in [2.24, 2.45) is 11.8 Å². The lowest BCUT2D eigenvalue weighted by molar-refractivity contribution is 0.0697. The number of hydrogen-bond acceptors (Lipinski definition) is 4. The van der Waals surface area contributed by atoms with Crippen molar-refractivity contribution < 1.29 is 9.90 Å². The van der Waals surface area contributed by atoms with E-state index in [1.165, 1.54) is 6.42 Å². The van der Waals surface area contributed by atoms with Crippen LogP contribution in [0.1, 0.15) is 65.4 Å². The highest BCUT2D eigenvalue weighted by Gasteiger charge is 2.42. The first-order valence-electron chi connectivity index (χ1n) is 14.7. The minimum Gasteiger partial charge on any atom is -0.478 e. The molecule has 2 aromatic carbocycles. The minimum absolute atomic E-state index is 0.213. The van der Waals surface area contributed by atoms with E-state index in [4.69, 9.17) is 28.8 Å². The summed E-state index contributed by atoms with van der Waals surface area (Å²) >= 11 is 13.0. The molecule has 0 spiro atoms. The summed E-state index contributed by atoms with van der Waals surface area (Å²) in [6.45, 7) is 10.7. The number of aromatic nitrogens is 2. The second-order valence-electron chi connectivity index (χ2n) is 12.0. The average molecular weight is 614 g/mol. The smallest absolute Gasteiger partial charge is 0.335 e. The lowest BCUT2D eigenvalue weighted by Gasteiger charge is -2.37. The summed E-state index contributed by atoms with van der Waals surface area (Å²) in [6, 6.07) is 20.9. The van der Waals surface area contributed by atoms with Gasteiger partial charge in [0, 0.05) is 42.0 Å². The van der Waals surface area contributed by atoms with Gasteiger partial charge in [-0.2, -0.15) is 0 Å². The van der Waals surface area contributed by atoms with Crippen molar-refractivity contribution in [3.8, 4) is 5.69 Å². The predicted octanol–water partition coefficient (Wildman–Crippen LogP) is 7.50. The molecular weight excluding hydrogens is 578 g/mol. The van der Waals surface area contributed by atoms with Crippen LogP contribution < -0.4 is 15.1 Å². The van der Waals surface area contributed by atoms with E-state index in [-0.39, 0.29) is 17.6 Å². The molecule has 43 heavy (non-hydrogen) atoms. The Labute approximate surface area is 263 Å². The van der Waals surface area contributed by atoms with Crippen molar-refractivity contribution >= 4 is 46.3 Å². The third-order valence-electron chi connectivity index (χ3n) is 8.66. The van der Waals surface area contributed by atoms with Crippen LogP contribution in [0, 0.1) is 25.7 Å². The van der Waals surface area contributed by atoms with Gasteiger partial charge >= 0.3 is 5.97 Å². The molecule has 2 aliphatic rings. The number of piperidine rings is 1. The average Bonchev–Trinajstić information content (AvgIpc) is 3.47. The van der Waals surface area contributed by atoms with Gasteiger partial charge in [0.1, 0.15) is 0 Å². The molecule has 2 fully saturated rings. The largest absolute Gasteiger partial charge is 0.478 e. The van der Waals surface area contributed by atoms with Crippen LogP contribution in [0.3, 0.4) is 0 Å². The zero-order valence-electron chi connectivity index (χ0n) is 24.8. The molecule has 4 unspecified atom stereocenters. The van der Waals surface area contributed by atoms with E-state index >= 15 is 0 Å². The third kappa shape index (κ3) is 5.50. The summed E-state index contributed by atoms with van der Waals surface area (Å²) < 4.78 is 2.10. The maximum atomic E-state index is 11.7. The van der Waals surface area contributed by atoms with Crippen molar-refractivity contribution in [3.63, 3.8) is 0 Å². The van der Waals surface area contributed by atoms with Crippen molar-refractivity contribution in [2.45, 2.75) is 46.2 Å². The Morgan fingerprint density at radius 2 is 1.77 bits per heavy atom. The molecule has 0 amide bonds. The number of rotatable bonds is 6. The fraction of sp³-hybridized carbons (Fsp3) is 0.324. The molecule has 2 N–H and O–H groups in total. The first-order chi connectivity index (χ1) is 20.6. The van der Waals surface area contributed by atoms with Crippen LogP contribution in [0.25, 0.3) is 5.69 Å².